The minimum atomic E-state index is -4.86. The lowest BCUT2D eigenvalue weighted by atomic mass is 10.2. The molecule has 0 spiro atoms. The molecule has 1 aliphatic rings. The summed E-state index contributed by atoms with van der Waals surface area (Å²) in [7, 11) is -4.44. The normalized spacial score (nSPS) is 18.8. The van der Waals surface area contributed by atoms with E-state index in [0.717, 1.165) is 16.4 Å². The summed E-state index contributed by atoms with van der Waals surface area (Å²) in [5.41, 5.74) is -0.749. The molecule has 0 saturated carbocycles. The molecular formula is C17H14ClF3N4O2S. The second-order valence-corrected chi connectivity index (χ2v) is 8.69. The first kappa shape index (κ1) is 19.2. The maximum atomic E-state index is 13.5. The number of nitrogens with zero attached hydrogens (tertiary/aromatic N) is 4. The van der Waals surface area contributed by atoms with E-state index in [1.54, 1.807) is 28.8 Å². The van der Waals surface area contributed by atoms with Crippen LogP contribution in [-0.4, -0.2) is 33.9 Å². The van der Waals surface area contributed by atoms with E-state index < -0.39 is 32.7 Å². The molecule has 0 aliphatic carbocycles. The van der Waals surface area contributed by atoms with Gasteiger partial charge < -0.3 is 0 Å². The Labute approximate surface area is 163 Å². The molecule has 6 nitrogen and oxygen atoms in total. The summed E-state index contributed by atoms with van der Waals surface area (Å²) in [6.07, 6.45) is -2.23. The van der Waals surface area contributed by atoms with E-state index in [-0.39, 0.29) is 11.6 Å². The van der Waals surface area contributed by atoms with Crippen LogP contribution in [0.1, 0.15) is 30.3 Å². The third-order valence-electron chi connectivity index (χ3n) is 4.68. The fraction of sp³-hybridized carbons (Fsp3) is 0.294. The lowest BCUT2D eigenvalue weighted by Crippen LogP contribution is -2.33. The van der Waals surface area contributed by atoms with Gasteiger partial charge in [0.1, 0.15) is 0 Å². The van der Waals surface area contributed by atoms with E-state index in [9.17, 15) is 21.6 Å². The summed E-state index contributed by atoms with van der Waals surface area (Å²) in [6, 6.07) is 7.18. The van der Waals surface area contributed by atoms with E-state index in [1.165, 1.54) is 0 Å². The van der Waals surface area contributed by atoms with Gasteiger partial charge in [0.25, 0.3) is 0 Å². The predicted molar refractivity (Wildman–Crippen MR) is 95.3 cm³/mol. The molecule has 0 bridgehead atoms. The molecule has 1 aliphatic heterocycles. The molecule has 148 valence electrons. The van der Waals surface area contributed by atoms with Crippen LogP contribution >= 0.6 is 11.6 Å². The number of halogens is 4. The SMILES string of the molecule is O=S(=O)(c1ccc(Cl)cc1C(F)(F)F)N1CCC[C@H]1c1nnc2ccccn12. The number of benzene rings is 1. The number of fused-ring (bicyclic) bond motifs is 1. The number of aromatic nitrogens is 3. The molecule has 11 heteroatoms. The minimum Gasteiger partial charge on any atom is -0.285 e. The molecule has 0 amide bonds. The van der Waals surface area contributed by atoms with Crippen LogP contribution in [0.15, 0.2) is 47.5 Å². The third kappa shape index (κ3) is 3.15. The van der Waals surface area contributed by atoms with Crippen molar-refractivity contribution in [2.24, 2.45) is 0 Å². The summed E-state index contributed by atoms with van der Waals surface area (Å²) in [5, 5.41) is 7.91. The fourth-order valence-corrected chi connectivity index (χ4v) is 5.47. The van der Waals surface area contributed by atoms with Crippen LogP contribution in [0, 0.1) is 0 Å². The Bertz CT molecular complexity index is 1150. The lowest BCUT2D eigenvalue weighted by Gasteiger charge is -2.24. The smallest absolute Gasteiger partial charge is 0.285 e. The molecule has 1 aromatic carbocycles. The van der Waals surface area contributed by atoms with Crippen LogP contribution < -0.4 is 0 Å². The Kier molecular flexibility index (Phi) is 4.59. The molecule has 1 atom stereocenters. The van der Waals surface area contributed by atoms with Gasteiger partial charge in [-0.3, -0.25) is 4.40 Å². The summed E-state index contributed by atoms with van der Waals surface area (Å²) in [4.78, 5) is -0.815. The van der Waals surface area contributed by atoms with Crippen molar-refractivity contribution in [2.75, 3.05) is 6.54 Å². The van der Waals surface area contributed by atoms with Crippen LogP contribution in [0.4, 0.5) is 13.2 Å². The van der Waals surface area contributed by atoms with Crippen molar-refractivity contribution in [1.82, 2.24) is 18.9 Å². The van der Waals surface area contributed by atoms with Gasteiger partial charge in [0.15, 0.2) is 11.5 Å². The van der Waals surface area contributed by atoms with Crippen molar-refractivity contribution in [1.29, 1.82) is 0 Å². The molecule has 2 aromatic heterocycles. The molecule has 0 unspecified atom stereocenters. The van der Waals surface area contributed by atoms with Crippen molar-refractivity contribution in [3.63, 3.8) is 0 Å². The van der Waals surface area contributed by atoms with Crippen molar-refractivity contribution >= 4 is 27.3 Å². The van der Waals surface area contributed by atoms with E-state index in [2.05, 4.69) is 10.2 Å². The van der Waals surface area contributed by atoms with Gasteiger partial charge in [-0.25, -0.2) is 8.42 Å². The average molecular weight is 431 g/mol. The largest absolute Gasteiger partial charge is 0.417 e. The highest BCUT2D eigenvalue weighted by molar-refractivity contribution is 7.89. The summed E-state index contributed by atoms with van der Waals surface area (Å²) >= 11 is 5.68. The van der Waals surface area contributed by atoms with Crippen LogP contribution in [0.3, 0.4) is 0 Å². The van der Waals surface area contributed by atoms with Gasteiger partial charge >= 0.3 is 6.18 Å². The van der Waals surface area contributed by atoms with Gasteiger partial charge in [0.2, 0.25) is 10.0 Å². The summed E-state index contributed by atoms with van der Waals surface area (Å²) < 4.78 is 69.4. The monoisotopic (exact) mass is 430 g/mol. The quantitative estimate of drug-likeness (QED) is 0.631. The number of hydrogen-bond acceptors (Lipinski definition) is 4. The van der Waals surface area contributed by atoms with Crippen LogP contribution in [0.25, 0.3) is 5.65 Å². The van der Waals surface area contributed by atoms with E-state index in [4.69, 9.17) is 11.6 Å². The van der Waals surface area contributed by atoms with Crippen molar-refractivity contribution in [3.05, 3.63) is 59.0 Å². The van der Waals surface area contributed by atoms with Gasteiger partial charge in [-0.1, -0.05) is 17.7 Å². The van der Waals surface area contributed by atoms with E-state index in [0.29, 0.717) is 30.4 Å². The molecule has 4 rings (SSSR count). The lowest BCUT2D eigenvalue weighted by molar-refractivity contribution is -0.139. The average Bonchev–Trinajstić information content (AvgIpc) is 3.27. The molecule has 3 heterocycles. The summed E-state index contributed by atoms with van der Waals surface area (Å²) in [5.74, 6) is 0.374. The molecule has 1 fully saturated rings. The van der Waals surface area contributed by atoms with Crippen molar-refractivity contribution < 1.29 is 21.6 Å². The Balaban J connectivity index is 1.82. The van der Waals surface area contributed by atoms with Gasteiger partial charge in [-0.05, 0) is 43.2 Å². The number of pyridine rings is 1. The van der Waals surface area contributed by atoms with Crippen LogP contribution in [0.5, 0.6) is 0 Å². The van der Waals surface area contributed by atoms with Gasteiger partial charge in [0.05, 0.1) is 16.5 Å². The zero-order chi connectivity index (χ0) is 20.1. The number of alkyl halides is 3. The molecule has 0 radical (unpaired) electrons. The van der Waals surface area contributed by atoms with Crippen LogP contribution in [0.2, 0.25) is 5.02 Å². The van der Waals surface area contributed by atoms with Gasteiger partial charge in [-0.2, -0.15) is 17.5 Å². The minimum absolute atomic E-state index is 0.0919. The Morgan fingerprint density at radius 3 is 2.68 bits per heavy atom. The number of sulfonamides is 1. The summed E-state index contributed by atoms with van der Waals surface area (Å²) in [6.45, 7) is 0.0919. The zero-order valence-electron chi connectivity index (χ0n) is 14.3. The van der Waals surface area contributed by atoms with Gasteiger partial charge in [0, 0.05) is 17.8 Å². The molecular weight excluding hydrogens is 417 g/mol. The second-order valence-electron chi connectivity index (χ2n) is 6.40. The first-order valence-electron chi connectivity index (χ1n) is 8.38. The van der Waals surface area contributed by atoms with Gasteiger partial charge in [-0.15, -0.1) is 10.2 Å². The number of hydrogen-bond donors (Lipinski definition) is 0. The second kappa shape index (κ2) is 6.71. The maximum absolute atomic E-state index is 13.5. The Hall–Kier alpha value is -2.17. The standard InChI is InChI=1S/C17H14ClF3N4O2S/c18-11-6-7-14(12(10-11)17(19,20)21)28(26,27)25-9-3-4-13(25)16-23-22-15-5-1-2-8-24(15)16/h1-2,5-8,10,13H,3-4,9H2/t13-/m0/s1. The molecule has 0 N–H and O–H groups in total. The Morgan fingerprint density at radius 2 is 1.93 bits per heavy atom. The fourth-order valence-electron chi connectivity index (χ4n) is 3.45. The highest BCUT2D eigenvalue weighted by atomic mass is 35.5. The van der Waals surface area contributed by atoms with Crippen LogP contribution in [-0.2, 0) is 16.2 Å². The highest BCUT2D eigenvalue weighted by Crippen LogP contribution is 2.41. The zero-order valence-corrected chi connectivity index (χ0v) is 15.8. The first-order valence-corrected chi connectivity index (χ1v) is 10.2. The molecule has 28 heavy (non-hydrogen) atoms. The topological polar surface area (TPSA) is 67.6 Å². The molecule has 3 aromatic rings. The van der Waals surface area contributed by atoms with Crippen molar-refractivity contribution in [3.8, 4) is 0 Å². The molecule has 1 saturated heterocycles. The Morgan fingerprint density at radius 1 is 1.14 bits per heavy atom. The number of rotatable bonds is 3. The third-order valence-corrected chi connectivity index (χ3v) is 6.88. The first-order chi connectivity index (χ1) is 13.2. The van der Waals surface area contributed by atoms with E-state index in [1.807, 2.05) is 0 Å². The predicted octanol–water partition coefficient (Wildman–Crippen LogP) is 3.93. The van der Waals surface area contributed by atoms with Crippen molar-refractivity contribution in [2.45, 2.75) is 30.0 Å². The highest BCUT2D eigenvalue weighted by Gasteiger charge is 2.43. The maximum Gasteiger partial charge on any atom is 0.417 e. The van der Waals surface area contributed by atoms with E-state index >= 15 is 0 Å².